The highest BCUT2D eigenvalue weighted by Crippen LogP contribution is 2.31. The van der Waals surface area contributed by atoms with E-state index in [1.807, 2.05) is 0 Å². The number of hydrogen-bond acceptors (Lipinski definition) is 4. The maximum absolute atomic E-state index is 11.6. The van der Waals surface area contributed by atoms with E-state index in [1.165, 1.54) is 13.2 Å². The van der Waals surface area contributed by atoms with Crippen LogP contribution in [0.1, 0.15) is 15.9 Å². The molecular formula is C12H13BrO4. The van der Waals surface area contributed by atoms with E-state index in [-0.39, 0.29) is 18.8 Å². The molecule has 1 rings (SSSR count). The van der Waals surface area contributed by atoms with Crippen LogP contribution in [0.3, 0.4) is 0 Å². The molecule has 0 radical (unpaired) electrons. The van der Waals surface area contributed by atoms with Gasteiger partial charge in [-0.2, -0.15) is 0 Å². The number of carbonyl (C=O) groups is 1. The first-order valence-corrected chi connectivity index (χ1v) is 5.68. The number of carbonyl (C=O) groups excluding carboxylic acids is 1. The molecule has 1 aromatic carbocycles. The van der Waals surface area contributed by atoms with Gasteiger partial charge in [0.25, 0.3) is 0 Å². The fourth-order valence-corrected chi connectivity index (χ4v) is 1.91. The zero-order valence-electron chi connectivity index (χ0n) is 9.40. The fraction of sp³-hybridized carbons (Fsp3) is 0.250. The Morgan fingerprint density at radius 1 is 1.59 bits per heavy atom. The summed E-state index contributed by atoms with van der Waals surface area (Å²) in [6.45, 7) is 3.65. The van der Waals surface area contributed by atoms with E-state index in [0.29, 0.717) is 15.8 Å². The Labute approximate surface area is 108 Å². The van der Waals surface area contributed by atoms with Gasteiger partial charge < -0.3 is 14.6 Å². The highest BCUT2D eigenvalue weighted by molar-refractivity contribution is 9.10. The Balaban J connectivity index is 3.23. The van der Waals surface area contributed by atoms with Crippen LogP contribution >= 0.6 is 15.9 Å². The minimum atomic E-state index is -0.514. The maximum atomic E-state index is 11.6. The van der Waals surface area contributed by atoms with Gasteiger partial charge in [0.2, 0.25) is 0 Å². The van der Waals surface area contributed by atoms with E-state index in [0.717, 1.165) is 0 Å². The van der Waals surface area contributed by atoms with Gasteiger partial charge in [-0.15, -0.1) is 0 Å². The molecule has 0 saturated carbocycles. The largest absolute Gasteiger partial charge is 0.487 e. The first kappa shape index (κ1) is 13.7. The molecule has 0 bridgehead atoms. The van der Waals surface area contributed by atoms with E-state index in [9.17, 15) is 4.79 Å². The van der Waals surface area contributed by atoms with Gasteiger partial charge in [0, 0.05) is 0 Å². The number of rotatable bonds is 5. The molecular weight excluding hydrogens is 288 g/mol. The van der Waals surface area contributed by atoms with Crippen LogP contribution in [0.2, 0.25) is 0 Å². The summed E-state index contributed by atoms with van der Waals surface area (Å²) in [7, 11) is 1.29. The number of benzene rings is 1. The normalized spacial score (nSPS) is 9.82. The molecule has 0 saturated heterocycles. The van der Waals surface area contributed by atoms with Gasteiger partial charge in [0.1, 0.15) is 17.9 Å². The third-order valence-electron chi connectivity index (χ3n) is 2.04. The third kappa shape index (κ3) is 3.31. The average molecular weight is 301 g/mol. The Hall–Kier alpha value is -1.33. The van der Waals surface area contributed by atoms with Gasteiger partial charge in [-0.1, -0.05) is 12.7 Å². The van der Waals surface area contributed by atoms with E-state index in [4.69, 9.17) is 9.84 Å². The lowest BCUT2D eigenvalue weighted by Gasteiger charge is -2.12. The Kier molecular flexibility index (Phi) is 5.18. The summed E-state index contributed by atoms with van der Waals surface area (Å²) in [5, 5.41) is 9.08. The lowest BCUT2D eigenvalue weighted by atomic mass is 10.1. The van der Waals surface area contributed by atoms with Crippen molar-refractivity contribution in [1.82, 2.24) is 0 Å². The summed E-state index contributed by atoms with van der Waals surface area (Å²) < 4.78 is 10.6. The molecule has 0 heterocycles. The number of aliphatic hydroxyl groups is 1. The van der Waals surface area contributed by atoms with E-state index < -0.39 is 5.97 Å². The van der Waals surface area contributed by atoms with Crippen molar-refractivity contribution in [3.63, 3.8) is 0 Å². The second kappa shape index (κ2) is 6.42. The highest BCUT2D eigenvalue weighted by Gasteiger charge is 2.17. The minimum Gasteiger partial charge on any atom is -0.487 e. The predicted molar refractivity (Wildman–Crippen MR) is 67.1 cm³/mol. The zero-order chi connectivity index (χ0) is 12.8. The number of methoxy groups -OCH3 is 1. The van der Waals surface area contributed by atoms with E-state index in [1.54, 1.807) is 12.1 Å². The summed E-state index contributed by atoms with van der Waals surface area (Å²) in [5.74, 6) is -0.131. The van der Waals surface area contributed by atoms with Crippen LogP contribution in [0.4, 0.5) is 0 Å². The van der Waals surface area contributed by atoms with Crippen LogP contribution in [-0.4, -0.2) is 24.8 Å². The van der Waals surface area contributed by atoms with Gasteiger partial charge in [-0.3, -0.25) is 0 Å². The number of hydrogen-bond donors (Lipinski definition) is 1. The topological polar surface area (TPSA) is 55.8 Å². The number of aliphatic hydroxyl groups excluding tert-OH is 1. The lowest BCUT2D eigenvalue weighted by Crippen LogP contribution is -2.07. The smallest absolute Gasteiger partial charge is 0.341 e. The first-order chi connectivity index (χ1) is 8.13. The minimum absolute atomic E-state index is 0.162. The van der Waals surface area contributed by atoms with Crippen molar-refractivity contribution in [2.45, 2.75) is 6.61 Å². The van der Waals surface area contributed by atoms with E-state index >= 15 is 0 Å². The molecule has 1 aromatic rings. The molecule has 0 fully saturated rings. The van der Waals surface area contributed by atoms with Crippen LogP contribution < -0.4 is 4.74 Å². The molecule has 0 unspecified atom stereocenters. The average Bonchev–Trinajstić information content (AvgIpc) is 2.35. The molecule has 4 nitrogen and oxygen atoms in total. The molecule has 1 N–H and O–H groups in total. The van der Waals surface area contributed by atoms with E-state index in [2.05, 4.69) is 27.2 Å². The van der Waals surface area contributed by atoms with Crippen molar-refractivity contribution in [3.05, 3.63) is 40.4 Å². The van der Waals surface area contributed by atoms with Crippen molar-refractivity contribution in [3.8, 4) is 5.75 Å². The molecule has 0 aliphatic rings. The molecule has 0 amide bonds. The summed E-state index contributed by atoms with van der Waals surface area (Å²) in [4.78, 5) is 11.6. The van der Waals surface area contributed by atoms with Gasteiger partial charge in [0.15, 0.2) is 0 Å². The fourth-order valence-electron chi connectivity index (χ4n) is 1.29. The van der Waals surface area contributed by atoms with Crippen molar-refractivity contribution in [2.75, 3.05) is 13.7 Å². The molecule has 0 aliphatic carbocycles. The molecule has 5 heteroatoms. The molecule has 0 aliphatic heterocycles. The SMILES string of the molecule is C=CCOc1c(Br)cc(CO)cc1C(=O)OC. The summed E-state index contributed by atoms with van der Waals surface area (Å²) in [6.07, 6.45) is 1.58. The Bertz CT molecular complexity index is 429. The third-order valence-corrected chi connectivity index (χ3v) is 2.63. The number of halogens is 1. The van der Waals surface area contributed by atoms with Gasteiger partial charge in [-0.05, 0) is 33.6 Å². The molecule has 0 atom stereocenters. The Morgan fingerprint density at radius 3 is 2.82 bits per heavy atom. The van der Waals surface area contributed by atoms with Crippen LogP contribution in [0.15, 0.2) is 29.3 Å². The lowest BCUT2D eigenvalue weighted by molar-refractivity contribution is 0.0596. The monoisotopic (exact) mass is 300 g/mol. The van der Waals surface area contributed by atoms with Crippen LogP contribution in [0.5, 0.6) is 5.75 Å². The zero-order valence-corrected chi connectivity index (χ0v) is 11.0. The Morgan fingerprint density at radius 2 is 2.29 bits per heavy atom. The predicted octanol–water partition coefficient (Wildman–Crippen LogP) is 2.29. The van der Waals surface area contributed by atoms with Crippen molar-refractivity contribution < 1.29 is 19.4 Å². The quantitative estimate of drug-likeness (QED) is 0.670. The van der Waals surface area contributed by atoms with Crippen molar-refractivity contribution >= 4 is 21.9 Å². The summed E-state index contributed by atoms with van der Waals surface area (Å²) in [6, 6.07) is 3.22. The second-order valence-corrected chi connectivity index (χ2v) is 4.06. The van der Waals surface area contributed by atoms with Crippen LogP contribution in [-0.2, 0) is 11.3 Å². The van der Waals surface area contributed by atoms with Crippen molar-refractivity contribution in [2.24, 2.45) is 0 Å². The highest BCUT2D eigenvalue weighted by atomic mass is 79.9. The van der Waals surface area contributed by atoms with Crippen LogP contribution in [0.25, 0.3) is 0 Å². The van der Waals surface area contributed by atoms with Gasteiger partial charge in [-0.25, -0.2) is 4.79 Å². The molecule has 92 valence electrons. The standard InChI is InChI=1S/C12H13BrO4/c1-3-4-17-11-9(12(15)16-2)5-8(7-14)6-10(11)13/h3,5-6,14H,1,4,7H2,2H3. The first-order valence-electron chi connectivity index (χ1n) is 4.89. The molecule has 0 spiro atoms. The maximum Gasteiger partial charge on any atom is 0.341 e. The number of esters is 1. The second-order valence-electron chi connectivity index (χ2n) is 3.20. The number of ether oxygens (including phenoxy) is 2. The van der Waals surface area contributed by atoms with Gasteiger partial charge in [0.05, 0.1) is 18.2 Å². The molecule has 17 heavy (non-hydrogen) atoms. The molecule has 0 aromatic heterocycles. The summed E-state index contributed by atoms with van der Waals surface area (Å²) in [5.41, 5.74) is 0.871. The van der Waals surface area contributed by atoms with Gasteiger partial charge >= 0.3 is 5.97 Å². The van der Waals surface area contributed by atoms with Crippen molar-refractivity contribution in [1.29, 1.82) is 0 Å². The van der Waals surface area contributed by atoms with Crippen LogP contribution in [0, 0.1) is 0 Å². The summed E-state index contributed by atoms with van der Waals surface area (Å²) >= 11 is 3.29.